The number of aldehydes is 1. The van der Waals surface area contributed by atoms with Gasteiger partial charge in [-0.15, -0.1) is 0 Å². The van der Waals surface area contributed by atoms with Crippen molar-refractivity contribution in [2.45, 2.75) is 0 Å². The number of para-hydroxylation sites is 1. The zero-order valence-electron chi connectivity index (χ0n) is 7.92. The number of carbonyl (C=O) groups excluding carboxylic acids is 1. The number of nitrogens with one attached hydrogen (secondary N) is 1. The first-order valence-corrected chi connectivity index (χ1v) is 4.48. The van der Waals surface area contributed by atoms with Crippen molar-refractivity contribution in [3.05, 3.63) is 48.3 Å². The van der Waals surface area contributed by atoms with Gasteiger partial charge in [-0.3, -0.25) is 4.79 Å². The van der Waals surface area contributed by atoms with Crippen LogP contribution in [0.4, 0.5) is 11.6 Å². The van der Waals surface area contributed by atoms with Crippen molar-refractivity contribution >= 4 is 17.9 Å². The van der Waals surface area contributed by atoms with E-state index in [-0.39, 0.29) is 0 Å². The Hall–Kier alpha value is -2.23. The van der Waals surface area contributed by atoms with E-state index in [2.05, 4.69) is 15.3 Å². The van der Waals surface area contributed by atoms with Crippen LogP contribution in [0.3, 0.4) is 0 Å². The van der Waals surface area contributed by atoms with Crippen molar-refractivity contribution in [2.75, 3.05) is 5.32 Å². The van der Waals surface area contributed by atoms with E-state index >= 15 is 0 Å². The van der Waals surface area contributed by atoms with Crippen molar-refractivity contribution in [1.29, 1.82) is 0 Å². The van der Waals surface area contributed by atoms with Crippen LogP contribution in [-0.2, 0) is 0 Å². The van der Waals surface area contributed by atoms with E-state index in [0.717, 1.165) is 6.29 Å². The van der Waals surface area contributed by atoms with E-state index < -0.39 is 0 Å². The molecule has 4 nitrogen and oxygen atoms in total. The van der Waals surface area contributed by atoms with Gasteiger partial charge in [0.1, 0.15) is 0 Å². The highest BCUT2D eigenvalue weighted by Gasteiger charge is 2.01. The van der Waals surface area contributed by atoms with E-state index in [1.54, 1.807) is 36.7 Å². The summed E-state index contributed by atoms with van der Waals surface area (Å²) in [6, 6.07) is 8.92. The molecule has 0 unspecified atom stereocenters. The summed E-state index contributed by atoms with van der Waals surface area (Å²) in [7, 11) is 0. The fourth-order valence-corrected chi connectivity index (χ4v) is 1.20. The van der Waals surface area contributed by atoms with Gasteiger partial charge in [0.15, 0.2) is 6.29 Å². The largest absolute Gasteiger partial charge is 0.324 e. The Morgan fingerprint density at radius 3 is 2.53 bits per heavy atom. The molecule has 0 aliphatic rings. The lowest BCUT2D eigenvalue weighted by Gasteiger charge is -2.05. The summed E-state index contributed by atoms with van der Waals surface area (Å²) >= 11 is 0. The molecule has 1 N–H and O–H groups in total. The van der Waals surface area contributed by atoms with E-state index in [1.165, 1.54) is 0 Å². The molecule has 0 saturated heterocycles. The van der Waals surface area contributed by atoms with Crippen LogP contribution in [0.15, 0.2) is 42.7 Å². The van der Waals surface area contributed by atoms with Gasteiger partial charge in [-0.05, 0) is 18.2 Å². The summed E-state index contributed by atoms with van der Waals surface area (Å²) in [5.74, 6) is 0.479. The summed E-state index contributed by atoms with van der Waals surface area (Å²) in [6.07, 6.45) is 4.07. The number of anilines is 2. The lowest BCUT2D eigenvalue weighted by atomic mass is 10.2. The van der Waals surface area contributed by atoms with Crippen molar-refractivity contribution in [2.24, 2.45) is 0 Å². The van der Waals surface area contributed by atoms with Crippen LogP contribution in [0, 0.1) is 0 Å². The first kappa shape index (κ1) is 9.33. The Balaban J connectivity index is 2.28. The molecule has 0 aliphatic heterocycles. The van der Waals surface area contributed by atoms with E-state index in [9.17, 15) is 4.79 Å². The number of nitrogens with zero attached hydrogens (tertiary/aromatic N) is 2. The second kappa shape index (κ2) is 4.32. The highest BCUT2D eigenvalue weighted by Crippen LogP contribution is 2.15. The minimum atomic E-state index is 0.479. The zero-order valence-corrected chi connectivity index (χ0v) is 7.92. The van der Waals surface area contributed by atoms with Crippen LogP contribution in [0.5, 0.6) is 0 Å². The number of aromatic nitrogens is 2. The molecule has 2 rings (SSSR count). The van der Waals surface area contributed by atoms with Crippen LogP contribution in [0.1, 0.15) is 10.4 Å². The maximum Gasteiger partial charge on any atom is 0.227 e. The number of rotatable bonds is 3. The average Bonchev–Trinajstić information content (AvgIpc) is 2.31. The van der Waals surface area contributed by atoms with E-state index in [1.807, 2.05) is 6.07 Å². The zero-order chi connectivity index (χ0) is 10.5. The Labute approximate surface area is 87.0 Å². The molecule has 1 aromatic carbocycles. The molecule has 1 heterocycles. The minimum absolute atomic E-state index is 0.479. The smallest absolute Gasteiger partial charge is 0.227 e. The summed E-state index contributed by atoms with van der Waals surface area (Å²) in [4.78, 5) is 18.8. The third kappa shape index (κ3) is 2.17. The topological polar surface area (TPSA) is 54.9 Å². The van der Waals surface area contributed by atoms with Gasteiger partial charge in [-0.2, -0.15) is 0 Å². The summed E-state index contributed by atoms with van der Waals surface area (Å²) in [6.45, 7) is 0. The molecule has 0 amide bonds. The van der Waals surface area contributed by atoms with E-state index in [4.69, 9.17) is 0 Å². The maximum atomic E-state index is 10.7. The average molecular weight is 199 g/mol. The predicted octanol–water partition coefficient (Wildman–Crippen LogP) is 2.03. The molecule has 1 aromatic heterocycles. The molecule has 15 heavy (non-hydrogen) atoms. The quantitative estimate of drug-likeness (QED) is 0.768. The molecule has 0 spiro atoms. The lowest BCUT2D eigenvalue weighted by Crippen LogP contribution is -1.98. The standard InChI is InChI=1S/C11H9N3O/c15-8-9-4-1-2-5-10(9)14-11-12-6-3-7-13-11/h1-8H,(H,12,13,14). The highest BCUT2D eigenvalue weighted by atomic mass is 16.1. The number of carbonyl (C=O) groups is 1. The SMILES string of the molecule is O=Cc1ccccc1Nc1ncccn1. The van der Waals surface area contributed by atoms with Gasteiger partial charge in [-0.1, -0.05) is 12.1 Å². The fourth-order valence-electron chi connectivity index (χ4n) is 1.20. The van der Waals surface area contributed by atoms with Crippen molar-refractivity contribution in [3.63, 3.8) is 0 Å². The van der Waals surface area contributed by atoms with E-state index in [0.29, 0.717) is 17.2 Å². The molecule has 74 valence electrons. The Morgan fingerprint density at radius 1 is 1.07 bits per heavy atom. The highest BCUT2D eigenvalue weighted by molar-refractivity contribution is 5.85. The van der Waals surface area contributed by atoms with Gasteiger partial charge in [0.25, 0.3) is 0 Å². The van der Waals surface area contributed by atoms with Crippen LogP contribution < -0.4 is 5.32 Å². The third-order valence-corrected chi connectivity index (χ3v) is 1.90. The van der Waals surface area contributed by atoms with Crippen molar-refractivity contribution < 1.29 is 4.79 Å². The lowest BCUT2D eigenvalue weighted by molar-refractivity contribution is 0.112. The first-order chi connectivity index (χ1) is 7.40. The maximum absolute atomic E-state index is 10.7. The molecule has 0 atom stereocenters. The third-order valence-electron chi connectivity index (χ3n) is 1.90. The Bertz CT molecular complexity index is 456. The van der Waals surface area contributed by atoms with Gasteiger partial charge in [0.05, 0.1) is 5.69 Å². The van der Waals surface area contributed by atoms with Crippen molar-refractivity contribution in [3.8, 4) is 0 Å². The van der Waals surface area contributed by atoms with Crippen LogP contribution in [0.2, 0.25) is 0 Å². The van der Waals surface area contributed by atoms with Gasteiger partial charge < -0.3 is 5.32 Å². The summed E-state index contributed by atoms with van der Waals surface area (Å²) in [5.41, 5.74) is 1.30. The van der Waals surface area contributed by atoms with Crippen LogP contribution in [0.25, 0.3) is 0 Å². The molecular formula is C11H9N3O. The molecule has 0 fully saturated rings. The fraction of sp³-hybridized carbons (Fsp3) is 0. The molecule has 0 saturated carbocycles. The number of benzene rings is 1. The molecule has 2 aromatic rings. The summed E-state index contributed by atoms with van der Waals surface area (Å²) in [5, 5.41) is 2.97. The normalized spacial score (nSPS) is 9.60. The molecule has 0 radical (unpaired) electrons. The molecule has 0 aliphatic carbocycles. The number of hydrogen-bond acceptors (Lipinski definition) is 4. The van der Waals surface area contributed by atoms with Crippen LogP contribution in [-0.4, -0.2) is 16.3 Å². The van der Waals surface area contributed by atoms with Crippen LogP contribution >= 0.6 is 0 Å². The number of hydrogen-bond donors (Lipinski definition) is 1. The monoisotopic (exact) mass is 199 g/mol. The van der Waals surface area contributed by atoms with Crippen molar-refractivity contribution in [1.82, 2.24) is 9.97 Å². The Kier molecular flexibility index (Phi) is 2.69. The van der Waals surface area contributed by atoms with Gasteiger partial charge >= 0.3 is 0 Å². The molecule has 0 bridgehead atoms. The Morgan fingerprint density at radius 2 is 1.80 bits per heavy atom. The van der Waals surface area contributed by atoms with Gasteiger partial charge in [-0.25, -0.2) is 9.97 Å². The molecule has 4 heteroatoms. The first-order valence-electron chi connectivity index (χ1n) is 4.48. The molecular weight excluding hydrogens is 190 g/mol. The second-order valence-electron chi connectivity index (χ2n) is 2.90. The summed E-state index contributed by atoms with van der Waals surface area (Å²) < 4.78 is 0. The van der Waals surface area contributed by atoms with Gasteiger partial charge in [0.2, 0.25) is 5.95 Å². The predicted molar refractivity (Wildman–Crippen MR) is 57.1 cm³/mol. The second-order valence-corrected chi connectivity index (χ2v) is 2.90. The van der Waals surface area contributed by atoms with Gasteiger partial charge in [0, 0.05) is 18.0 Å². The minimum Gasteiger partial charge on any atom is -0.324 e.